The van der Waals surface area contributed by atoms with E-state index in [-0.39, 0.29) is 6.04 Å². The van der Waals surface area contributed by atoms with Gasteiger partial charge in [0.1, 0.15) is 17.4 Å². The van der Waals surface area contributed by atoms with Crippen LogP contribution in [0.3, 0.4) is 0 Å². The Hall–Kier alpha value is -1.93. The lowest BCUT2D eigenvalue weighted by Crippen LogP contribution is -2.21. The molecule has 0 spiro atoms. The number of nitrogens with two attached hydrogens (primary N) is 1. The Morgan fingerprint density at radius 3 is 2.62 bits per heavy atom. The van der Waals surface area contributed by atoms with Gasteiger partial charge >= 0.3 is 0 Å². The molecule has 1 aromatic heterocycles. The Morgan fingerprint density at radius 1 is 1.35 bits per heavy atom. The minimum atomic E-state index is -0.716. The van der Waals surface area contributed by atoms with E-state index in [9.17, 15) is 13.9 Å². The van der Waals surface area contributed by atoms with Crippen molar-refractivity contribution in [3.05, 3.63) is 52.9 Å². The molecule has 0 fully saturated rings. The highest BCUT2D eigenvalue weighted by atomic mass is 32.2. The normalized spacial score (nSPS) is 17.3. The highest BCUT2D eigenvalue weighted by Gasteiger charge is 2.19. The Morgan fingerprint density at radius 2 is 2.08 bits per heavy atom. The zero-order valence-electron chi connectivity index (χ0n) is 15.0. The van der Waals surface area contributed by atoms with E-state index in [1.807, 2.05) is 13.0 Å². The summed E-state index contributed by atoms with van der Waals surface area (Å²) in [5.41, 5.74) is 6.11. The van der Waals surface area contributed by atoms with Gasteiger partial charge < -0.3 is 15.4 Å². The summed E-state index contributed by atoms with van der Waals surface area (Å²) in [6.45, 7) is 5.34. The fourth-order valence-corrected chi connectivity index (χ4v) is 3.21. The Balaban J connectivity index is 0.000000197. The van der Waals surface area contributed by atoms with Gasteiger partial charge in [-0.2, -0.15) is 0 Å². The van der Waals surface area contributed by atoms with E-state index in [1.165, 1.54) is 23.9 Å². The molecule has 1 aromatic carbocycles. The van der Waals surface area contributed by atoms with E-state index in [4.69, 9.17) is 10.3 Å². The number of aliphatic hydroxyl groups is 1. The van der Waals surface area contributed by atoms with Gasteiger partial charge in [0.05, 0.1) is 17.3 Å². The number of benzene rings is 1. The SMILES string of the molecule is Cc1cc(CC(C)(C)O)on1.NC1=NC(c2ccc(F)cc2F)CCS1. The van der Waals surface area contributed by atoms with Gasteiger partial charge in [-0.25, -0.2) is 8.78 Å². The zero-order valence-corrected chi connectivity index (χ0v) is 15.8. The molecule has 1 aliphatic heterocycles. The Kier molecular flexibility index (Phi) is 6.77. The van der Waals surface area contributed by atoms with Crippen molar-refractivity contribution in [1.29, 1.82) is 0 Å². The van der Waals surface area contributed by atoms with Gasteiger partial charge in [0.15, 0.2) is 5.17 Å². The number of hydrogen-bond donors (Lipinski definition) is 2. The first-order valence-corrected chi connectivity index (χ1v) is 9.18. The van der Waals surface area contributed by atoms with Crippen LogP contribution in [0.15, 0.2) is 33.8 Å². The second-order valence-corrected chi connectivity index (χ2v) is 7.83. The van der Waals surface area contributed by atoms with E-state index in [0.717, 1.165) is 29.7 Å². The van der Waals surface area contributed by atoms with Crippen molar-refractivity contribution in [3.8, 4) is 0 Å². The predicted octanol–water partition coefficient (Wildman–Crippen LogP) is 3.75. The average molecular weight is 383 g/mol. The van der Waals surface area contributed by atoms with Crippen LogP contribution in [0.25, 0.3) is 0 Å². The molecule has 1 aliphatic rings. The lowest BCUT2D eigenvalue weighted by atomic mass is 10.0. The first-order chi connectivity index (χ1) is 12.1. The number of hydrogen-bond acceptors (Lipinski definition) is 6. The van der Waals surface area contributed by atoms with Crippen molar-refractivity contribution in [2.45, 2.75) is 45.3 Å². The summed E-state index contributed by atoms with van der Waals surface area (Å²) in [6, 6.07) is 5.11. The van der Waals surface area contributed by atoms with Gasteiger partial charge in [0, 0.05) is 29.9 Å². The molecule has 8 heteroatoms. The average Bonchev–Trinajstić information content (AvgIpc) is 2.91. The molecule has 0 radical (unpaired) electrons. The summed E-state index contributed by atoms with van der Waals surface area (Å²) in [6.07, 6.45) is 1.24. The smallest absolute Gasteiger partial charge is 0.154 e. The van der Waals surface area contributed by atoms with Gasteiger partial charge in [-0.05, 0) is 33.3 Å². The molecule has 0 aliphatic carbocycles. The number of halogens is 2. The van der Waals surface area contributed by atoms with E-state index in [0.29, 0.717) is 17.2 Å². The maximum atomic E-state index is 13.4. The number of thioether (sulfide) groups is 1. The summed E-state index contributed by atoms with van der Waals surface area (Å²) in [7, 11) is 0. The molecule has 0 amide bonds. The van der Waals surface area contributed by atoms with Crippen LogP contribution in [0, 0.1) is 18.6 Å². The van der Waals surface area contributed by atoms with Crippen molar-refractivity contribution in [2.24, 2.45) is 10.7 Å². The summed E-state index contributed by atoms with van der Waals surface area (Å²) >= 11 is 1.46. The minimum absolute atomic E-state index is 0.271. The van der Waals surface area contributed by atoms with Crippen LogP contribution in [0.5, 0.6) is 0 Å². The van der Waals surface area contributed by atoms with Crippen molar-refractivity contribution >= 4 is 16.9 Å². The van der Waals surface area contributed by atoms with Crippen LogP contribution in [0.2, 0.25) is 0 Å². The lowest BCUT2D eigenvalue weighted by Gasteiger charge is -2.18. The molecule has 3 rings (SSSR count). The van der Waals surface area contributed by atoms with Gasteiger partial charge in [-0.1, -0.05) is 23.0 Å². The number of nitrogens with zero attached hydrogens (tertiary/aromatic N) is 2. The predicted molar refractivity (Wildman–Crippen MR) is 99.0 cm³/mol. The maximum Gasteiger partial charge on any atom is 0.154 e. The topological polar surface area (TPSA) is 84.6 Å². The van der Waals surface area contributed by atoms with Crippen molar-refractivity contribution in [1.82, 2.24) is 5.16 Å². The maximum absolute atomic E-state index is 13.4. The molecule has 0 saturated carbocycles. The standard InChI is InChI=1S/C10H10F2N2S.C8H13NO2/c11-6-1-2-7(8(12)5-6)9-3-4-15-10(13)14-9;1-6-4-7(11-9-6)5-8(2,3)10/h1-2,5,9H,3-4H2,(H2,13,14);4,10H,5H2,1-3H3. The molecular weight excluding hydrogens is 360 g/mol. The number of aromatic nitrogens is 1. The second-order valence-electron chi connectivity index (χ2n) is 6.71. The fraction of sp³-hybridized carbons (Fsp3) is 0.444. The second kappa shape index (κ2) is 8.64. The molecule has 1 unspecified atom stereocenters. The summed E-state index contributed by atoms with van der Waals surface area (Å²) in [4.78, 5) is 4.14. The molecule has 3 N–H and O–H groups in total. The number of aryl methyl sites for hydroxylation is 1. The third-order valence-electron chi connectivity index (χ3n) is 3.53. The molecule has 5 nitrogen and oxygen atoms in total. The van der Waals surface area contributed by atoms with Crippen LogP contribution in [-0.2, 0) is 6.42 Å². The van der Waals surface area contributed by atoms with Gasteiger partial charge in [-0.15, -0.1) is 0 Å². The largest absolute Gasteiger partial charge is 0.390 e. The fourth-order valence-electron chi connectivity index (χ4n) is 2.45. The number of aliphatic imine (C=N–C) groups is 1. The number of amidine groups is 1. The Labute approximate surface area is 155 Å². The van der Waals surface area contributed by atoms with Crippen LogP contribution in [-0.4, -0.2) is 26.8 Å². The highest BCUT2D eigenvalue weighted by molar-refractivity contribution is 8.13. The molecule has 26 heavy (non-hydrogen) atoms. The first kappa shape index (κ1) is 20.4. The lowest BCUT2D eigenvalue weighted by molar-refractivity contribution is 0.0733. The van der Waals surface area contributed by atoms with Crippen LogP contribution >= 0.6 is 11.8 Å². The van der Waals surface area contributed by atoms with Crippen LogP contribution < -0.4 is 5.73 Å². The summed E-state index contributed by atoms with van der Waals surface area (Å²) in [5, 5.41) is 13.6. The van der Waals surface area contributed by atoms with E-state index in [1.54, 1.807) is 13.8 Å². The van der Waals surface area contributed by atoms with Gasteiger partial charge in [0.2, 0.25) is 0 Å². The van der Waals surface area contributed by atoms with Gasteiger partial charge in [-0.3, -0.25) is 4.99 Å². The number of rotatable bonds is 3. The highest BCUT2D eigenvalue weighted by Crippen LogP contribution is 2.30. The van der Waals surface area contributed by atoms with E-state index in [2.05, 4.69) is 10.1 Å². The third-order valence-corrected chi connectivity index (χ3v) is 4.37. The summed E-state index contributed by atoms with van der Waals surface area (Å²) < 4.78 is 31.0. The zero-order chi connectivity index (χ0) is 19.3. The van der Waals surface area contributed by atoms with E-state index >= 15 is 0 Å². The van der Waals surface area contributed by atoms with E-state index < -0.39 is 17.2 Å². The molecular formula is C18H23F2N3O2S. The van der Waals surface area contributed by atoms with Crippen molar-refractivity contribution < 1.29 is 18.4 Å². The molecule has 1 atom stereocenters. The first-order valence-electron chi connectivity index (χ1n) is 8.19. The molecule has 2 aromatic rings. The van der Waals surface area contributed by atoms with Gasteiger partial charge in [0.25, 0.3) is 0 Å². The quantitative estimate of drug-likeness (QED) is 0.843. The Bertz CT molecular complexity index is 772. The molecule has 0 saturated heterocycles. The third kappa shape index (κ3) is 6.42. The minimum Gasteiger partial charge on any atom is -0.390 e. The van der Waals surface area contributed by atoms with Crippen molar-refractivity contribution in [2.75, 3.05) is 5.75 Å². The summed E-state index contributed by atoms with van der Waals surface area (Å²) in [5.74, 6) is 0.424. The molecule has 0 bridgehead atoms. The van der Waals surface area contributed by atoms with Crippen molar-refractivity contribution in [3.63, 3.8) is 0 Å². The van der Waals surface area contributed by atoms with Crippen LogP contribution in [0.4, 0.5) is 8.78 Å². The van der Waals surface area contributed by atoms with Crippen LogP contribution in [0.1, 0.15) is 43.3 Å². The molecule has 142 valence electrons. The monoisotopic (exact) mass is 383 g/mol. The molecule has 2 heterocycles.